The fourth-order valence-corrected chi connectivity index (χ4v) is 6.45. The molecule has 0 aliphatic carbocycles. The summed E-state index contributed by atoms with van der Waals surface area (Å²) in [6, 6.07) is 0. The van der Waals surface area contributed by atoms with E-state index in [1.807, 2.05) is 0 Å². The Balaban J connectivity index is 3.57. The van der Waals surface area contributed by atoms with Gasteiger partial charge in [-0.3, -0.25) is 4.79 Å². The highest BCUT2D eigenvalue weighted by atomic mass is 16.6. The number of aliphatic hydroxyl groups excluding tert-OH is 1. The molecule has 0 fully saturated rings. The molecule has 1 N–H and O–H groups in total. The lowest BCUT2D eigenvalue weighted by atomic mass is 10.1. The molecule has 1 unspecified atom stereocenters. The van der Waals surface area contributed by atoms with E-state index in [0.29, 0.717) is 13.0 Å². The van der Waals surface area contributed by atoms with Gasteiger partial charge in [0.1, 0.15) is 6.10 Å². The average molecular weight is 867 g/mol. The molecular weight excluding hydrogens is 773 g/mol. The number of allylic oxidation sites excluding steroid dienone is 24. The van der Waals surface area contributed by atoms with Crippen molar-refractivity contribution in [2.45, 2.75) is 200 Å². The van der Waals surface area contributed by atoms with Crippen LogP contribution < -0.4 is 0 Å². The van der Waals surface area contributed by atoms with Crippen molar-refractivity contribution in [1.82, 2.24) is 0 Å². The molecule has 0 aromatic heterocycles. The van der Waals surface area contributed by atoms with E-state index in [0.717, 1.165) is 109 Å². The van der Waals surface area contributed by atoms with E-state index in [1.54, 1.807) is 0 Å². The molecule has 0 aromatic carbocycles. The van der Waals surface area contributed by atoms with Crippen molar-refractivity contribution < 1.29 is 19.4 Å². The van der Waals surface area contributed by atoms with Crippen molar-refractivity contribution in [3.63, 3.8) is 0 Å². The van der Waals surface area contributed by atoms with Gasteiger partial charge in [-0.05, 0) is 116 Å². The van der Waals surface area contributed by atoms with E-state index in [9.17, 15) is 9.90 Å². The van der Waals surface area contributed by atoms with Gasteiger partial charge in [-0.25, -0.2) is 0 Å². The van der Waals surface area contributed by atoms with Crippen LogP contribution in [0.1, 0.15) is 194 Å². The zero-order valence-electron chi connectivity index (χ0n) is 40.5. The third kappa shape index (κ3) is 52.5. The first kappa shape index (κ1) is 59.3. The van der Waals surface area contributed by atoms with Crippen LogP contribution in [0.3, 0.4) is 0 Å². The minimum atomic E-state index is -0.565. The van der Waals surface area contributed by atoms with E-state index in [4.69, 9.17) is 9.47 Å². The predicted molar refractivity (Wildman–Crippen MR) is 278 cm³/mol. The lowest BCUT2D eigenvalue weighted by Gasteiger charge is -2.15. The SMILES string of the molecule is CC/C=C\C/C=C\C/C=C\C/C=C\C/C=C\C/C=C\C/C=C\CCCCCCOCC(CO)OC(=O)CCCCCCCCCCC/C=C\C/C=C\C/C=C\C/C=C\C/C=C\CC. The number of unbranched alkanes of at least 4 members (excludes halogenated alkanes) is 13. The van der Waals surface area contributed by atoms with Crippen molar-refractivity contribution in [2.75, 3.05) is 19.8 Å². The summed E-state index contributed by atoms with van der Waals surface area (Å²) in [6.07, 6.45) is 83.6. The van der Waals surface area contributed by atoms with Gasteiger partial charge in [0.05, 0.1) is 13.2 Å². The molecule has 0 heterocycles. The second-order valence-corrected chi connectivity index (χ2v) is 16.1. The third-order valence-corrected chi connectivity index (χ3v) is 10.2. The molecule has 4 heteroatoms. The van der Waals surface area contributed by atoms with E-state index >= 15 is 0 Å². The van der Waals surface area contributed by atoms with Gasteiger partial charge in [-0.2, -0.15) is 0 Å². The van der Waals surface area contributed by atoms with Crippen LogP contribution in [-0.2, 0) is 14.3 Å². The highest BCUT2D eigenvalue weighted by Crippen LogP contribution is 2.13. The summed E-state index contributed by atoms with van der Waals surface area (Å²) in [5, 5.41) is 9.65. The summed E-state index contributed by atoms with van der Waals surface area (Å²) in [4.78, 5) is 12.3. The second-order valence-electron chi connectivity index (χ2n) is 16.1. The van der Waals surface area contributed by atoms with Crippen molar-refractivity contribution in [3.05, 3.63) is 146 Å². The Hall–Kier alpha value is -3.73. The molecule has 0 aromatic rings. The van der Waals surface area contributed by atoms with Gasteiger partial charge < -0.3 is 14.6 Å². The number of hydrogen-bond acceptors (Lipinski definition) is 4. The minimum absolute atomic E-state index is 0.195. The zero-order chi connectivity index (χ0) is 45.5. The molecule has 1 atom stereocenters. The first-order valence-corrected chi connectivity index (χ1v) is 25.4. The molecule has 4 nitrogen and oxygen atoms in total. The molecular formula is C59H94O4. The largest absolute Gasteiger partial charge is 0.457 e. The fourth-order valence-electron chi connectivity index (χ4n) is 6.45. The zero-order valence-corrected chi connectivity index (χ0v) is 40.5. The van der Waals surface area contributed by atoms with Crippen molar-refractivity contribution in [3.8, 4) is 0 Å². The van der Waals surface area contributed by atoms with Crippen molar-refractivity contribution >= 4 is 5.97 Å². The van der Waals surface area contributed by atoms with Crippen LogP contribution in [-0.4, -0.2) is 37.0 Å². The lowest BCUT2D eigenvalue weighted by Crippen LogP contribution is -2.27. The summed E-state index contributed by atoms with van der Waals surface area (Å²) < 4.78 is 11.2. The van der Waals surface area contributed by atoms with Gasteiger partial charge in [0.15, 0.2) is 0 Å². The van der Waals surface area contributed by atoms with Crippen LogP contribution in [0.2, 0.25) is 0 Å². The van der Waals surface area contributed by atoms with Crippen LogP contribution in [0.15, 0.2) is 146 Å². The lowest BCUT2D eigenvalue weighted by molar-refractivity contribution is -0.154. The Kier molecular flexibility index (Phi) is 51.2. The van der Waals surface area contributed by atoms with E-state index in [-0.39, 0.29) is 19.2 Å². The molecule has 0 aliphatic rings. The first-order chi connectivity index (χ1) is 31.2. The minimum Gasteiger partial charge on any atom is -0.457 e. The molecule has 354 valence electrons. The number of carbonyl (C=O) groups is 1. The molecule has 0 radical (unpaired) electrons. The van der Waals surface area contributed by atoms with Gasteiger partial charge in [-0.1, -0.05) is 217 Å². The van der Waals surface area contributed by atoms with Gasteiger partial charge in [0.2, 0.25) is 0 Å². The van der Waals surface area contributed by atoms with Crippen molar-refractivity contribution in [2.24, 2.45) is 0 Å². The third-order valence-electron chi connectivity index (χ3n) is 10.2. The van der Waals surface area contributed by atoms with E-state index < -0.39 is 6.10 Å². The van der Waals surface area contributed by atoms with E-state index in [1.165, 1.54) is 64.2 Å². The molecule has 0 saturated carbocycles. The standard InChI is InChI=1S/C59H94O4/c1-3-5-7-9-11-13-15-17-19-21-23-25-27-29-31-33-35-37-39-41-43-45-47-49-51-53-55-62-57-58(56-60)63-59(61)54-52-50-48-46-44-42-40-38-36-34-32-30-28-26-24-22-20-18-16-14-12-10-8-6-4-2/h5-8,11-14,17-20,23-26,29-32,35,37,41,43,58,60H,3-4,9-10,15-16,21-22,27-28,33-34,36,38-40,42,44-57H2,1-2H3/b7-5-,8-6-,13-11-,14-12-,19-17-,20-18-,25-23-,26-24-,31-29-,32-30-,37-35-,43-41-. The molecule has 0 saturated heterocycles. The summed E-state index contributed by atoms with van der Waals surface area (Å²) in [5.41, 5.74) is 0. The summed E-state index contributed by atoms with van der Waals surface area (Å²) in [7, 11) is 0. The number of aliphatic hydroxyl groups is 1. The van der Waals surface area contributed by atoms with Crippen LogP contribution in [0.5, 0.6) is 0 Å². The maximum atomic E-state index is 12.3. The topological polar surface area (TPSA) is 55.8 Å². The van der Waals surface area contributed by atoms with Crippen LogP contribution in [0.4, 0.5) is 0 Å². The Morgan fingerprint density at radius 3 is 1.00 bits per heavy atom. The second kappa shape index (κ2) is 54.4. The number of ether oxygens (including phenoxy) is 2. The van der Waals surface area contributed by atoms with Gasteiger partial charge in [0.25, 0.3) is 0 Å². The molecule has 0 aliphatic heterocycles. The Labute approximate surface area is 389 Å². The molecule has 0 amide bonds. The van der Waals surface area contributed by atoms with Crippen molar-refractivity contribution in [1.29, 1.82) is 0 Å². The highest BCUT2D eigenvalue weighted by Gasteiger charge is 2.13. The number of carbonyl (C=O) groups excluding carboxylic acids is 1. The molecule has 0 bridgehead atoms. The quantitative estimate of drug-likeness (QED) is 0.0376. The first-order valence-electron chi connectivity index (χ1n) is 25.4. The predicted octanol–water partition coefficient (Wildman–Crippen LogP) is 17.5. The monoisotopic (exact) mass is 867 g/mol. The van der Waals surface area contributed by atoms with E-state index in [2.05, 4.69) is 160 Å². The Morgan fingerprint density at radius 1 is 0.381 bits per heavy atom. The average Bonchev–Trinajstić information content (AvgIpc) is 3.29. The summed E-state index contributed by atoms with van der Waals surface area (Å²) in [5.74, 6) is -0.223. The fraction of sp³-hybridized carbons (Fsp3) is 0.576. The molecule has 63 heavy (non-hydrogen) atoms. The van der Waals surface area contributed by atoms with Gasteiger partial charge in [0, 0.05) is 13.0 Å². The van der Waals surface area contributed by atoms with Crippen LogP contribution in [0, 0.1) is 0 Å². The summed E-state index contributed by atoms with van der Waals surface area (Å²) >= 11 is 0. The number of hydrogen-bond donors (Lipinski definition) is 1. The van der Waals surface area contributed by atoms with Crippen LogP contribution in [0.25, 0.3) is 0 Å². The Bertz CT molecular complexity index is 1330. The maximum absolute atomic E-state index is 12.3. The van der Waals surface area contributed by atoms with Crippen LogP contribution >= 0.6 is 0 Å². The maximum Gasteiger partial charge on any atom is 0.306 e. The van der Waals surface area contributed by atoms with Gasteiger partial charge >= 0.3 is 5.97 Å². The Morgan fingerprint density at radius 2 is 0.667 bits per heavy atom. The summed E-state index contributed by atoms with van der Waals surface area (Å²) in [6.45, 7) is 5.03. The number of rotatable bonds is 45. The smallest absolute Gasteiger partial charge is 0.306 e. The van der Waals surface area contributed by atoms with Gasteiger partial charge in [-0.15, -0.1) is 0 Å². The highest BCUT2D eigenvalue weighted by molar-refractivity contribution is 5.69. The molecule has 0 rings (SSSR count). The normalized spacial score (nSPS) is 13.6. The molecule has 0 spiro atoms. The number of esters is 1.